The fraction of sp³-hybridized carbons (Fsp3) is 0.150. The van der Waals surface area contributed by atoms with Crippen LogP contribution in [0.3, 0.4) is 0 Å². The molecule has 0 fully saturated rings. The van der Waals surface area contributed by atoms with Crippen molar-refractivity contribution in [2.45, 2.75) is 0 Å². The number of methoxy groups -OCH3 is 1. The monoisotopic (exact) mass is 400 g/mol. The van der Waals surface area contributed by atoms with Crippen molar-refractivity contribution in [3.05, 3.63) is 71.1 Å². The zero-order chi connectivity index (χ0) is 20.3. The van der Waals surface area contributed by atoms with Gasteiger partial charge in [0.25, 0.3) is 5.56 Å². The molecule has 8 heteroatoms. The molecule has 0 saturated carbocycles. The van der Waals surface area contributed by atoms with Crippen LogP contribution < -0.4 is 19.8 Å². The van der Waals surface area contributed by atoms with E-state index in [1.165, 1.54) is 17.7 Å². The fourth-order valence-corrected chi connectivity index (χ4v) is 3.26. The molecule has 1 heterocycles. The SMILES string of the molecule is COc1cc(=O)n(C)cc1-c1cc(NS(C)(=O)=O)ccc1Oc1ccccc1. The number of hydrogen-bond acceptors (Lipinski definition) is 5. The van der Waals surface area contributed by atoms with Gasteiger partial charge in [-0.3, -0.25) is 9.52 Å². The summed E-state index contributed by atoms with van der Waals surface area (Å²) in [7, 11) is -0.362. The van der Waals surface area contributed by atoms with Gasteiger partial charge in [0.15, 0.2) is 0 Å². The second-order valence-electron chi connectivity index (χ2n) is 6.20. The van der Waals surface area contributed by atoms with E-state index in [1.54, 1.807) is 31.4 Å². The lowest BCUT2D eigenvalue weighted by Gasteiger charge is -2.16. The van der Waals surface area contributed by atoms with E-state index in [2.05, 4.69) is 4.72 Å². The van der Waals surface area contributed by atoms with Crippen molar-refractivity contribution in [2.24, 2.45) is 7.05 Å². The quantitative estimate of drug-likeness (QED) is 0.687. The summed E-state index contributed by atoms with van der Waals surface area (Å²) in [5, 5.41) is 0. The number of hydrogen-bond donors (Lipinski definition) is 1. The Labute approximate surface area is 163 Å². The number of pyridine rings is 1. The van der Waals surface area contributed by atoms with Gasteiger partial charge in [0, 0.05) is 36.1 Å². The number of aromatic nitrogens is 1. The van der Waals surface area contributed by atoms with Crippen LogP contribution >= 0.6 is 0 Å². The molecule has 0 unspecified atom stereocenters. The van der Waals surface area contributed by atoms with Crippen LogP contribution in [0.4, 0.5) is 5.69 Å². The topological polar surface area (TPSA) is 86.6 Å². The molecule has 146 valence electrons. The molecule has 0 spiro atoms. The maximum atomic E-state index is 12.0. The van der Waals surface area contributed by atoms with Crippen LogP contribution in [0.25, 0.3) is 11.1 Å². The predicted molar refractivity (Wildman–Crippen MR) is 109 cm³/mol. The number of rotatable bonds is 6. The Morgan fingerprint density at radius 2 is 1.68 bits per heavy atom. The third kappa shape index (κ3) is 4.52. The van der Waals surface area contributed by atoms with Crippen molar-refractivity contribution in [1.29, 1.82) is 0 Å². The predicted octanol–water partition coefficient (Wildman–Crippen LogP) is 3.22. The summed E-state index contributed by atoms with van der Waals surface area (Å²) >= 11 is 0. The second kappa shape index (κ2) is 7.77. The van der Waals surface area contributed by atoms with Crippen LogP contribution in [-0.4, -0.2) is 26.4 Å². The molecule has 7 nitrogen and oxygen atoms in total. The van der Waals surface area contributed by atoms with Crippen LogP contribution in [-0.2, 0) is 17.1 Å². The number of sulfonamides is 1. The largest absolute Gasteiger partial charge is 0.496 e. The lowest BCUT2D eigenvalue weighted by Crippen LogP contribution is -2.15. The normalized spacial score (nSPS) is 11.1. The Morgan fingerprint density at radius 3 is 2.32 bits per heavy atom. The molecule has 0 saturated heterocycles. The summed E-state index contributed by atoms with van der Waals surface area (Å²) in [5.41, 5.74) is 1.31. The summed E-state index contributed by atoms with van der Waals surface area (Å²) in [5.74, 6) is 1.47. The van der Waals surface area contributed by atoms with Crippen molar-refractivity contribution in [3.8, 4) is 28.4 Å². The minimum absolute atomic E-state index is 0.225. The molecule has 2 aromatic carbocycles. The van der Waals surface area contributed by atoms with Gasteiger partial charge in [-0.1, -0.05) is 18.2 Å². The molecule has 3 rings (SSSR count). The van der Waals surface area contributed by atoms with E-state index >= 15 is 0 Å². The molecule has 28 heavy (non-hydrogen) atoms. The molecule has 0 atom stereocenters. The number of ether oxygens (including phenoxy) is 2. The number of benzene rings is 2. The first-order valence-electron chi connectivity index (χ1n) is 8.36. The maximum absolute atomic E-state index is 12.0. The van der Waals surface area contributed by atoms with Crippen molar-refractivity contribution >= 4 is 15.7 Å². The molecule has 0 amide bonds. The van der Waals surface area contributed by atoms with Crippen LogP contribution in [0.15, 0.2) is 65.6 Å². The van der Waals surface area contributed by atoms with Gasteiger partial charge in [-0.25, -0.2) is 8.42 Å². The fourth-order valence-electron chi connectivity index (χ4n) is 2.71. The van der Waals surface area contributed by atoms with Gasteiger partial charge in [-0.05, 0) is 30.3 Å². The summed E-state index contributed by atoms with van der Waals surface area (Å²) in [4.78, 5) is 12.0. The molecule has 0 aliphatic rings. The van der Waals surface area contributed by atoms with E-state index in [9.17, 15) is 13.2 Å². The molecular formula is C20H20N2O5S. The Bertz CT molecular complexity index is 1150. The highest BCUT2D eigenvalue weighted by molar-refractivity contribution is 7.92. The van der Waals surface area contributed by atoms with Crippen LogP contribution in [0, 0.1) is 0 Å². The van der Waals surface area contributed by atoms with E-state index in [4.69, 9.17) is 9.47 Å². The van der Waals surface area contributed by atoms with Gasteiger partial charge in [-0.2, -0.15) is 0 Å². The van der Waals surface area contributed by atoms with E-state index in [0.717, 1.165) is 6.26 Å². The van der Waals surface area contributed by atoms with Gasteiger partial charge in [0.2, 0.25) is 10.0 Å². The minimum Gasteiger partial charge on any atom is -0.496 e. The molecule has 3 aromatic rings. The summed E-state index contributed by atoms with van der Waals surface area (Å²) < 4.78 is 38.5. The Morgan fingerprint density at radius 1 is 0.964 bits per heavy atom. The highest BCUT2D eigenvalue weighted by atomic mass is 32.2. The van der Waals surface area contributed by atoms with Crippen LogP contribution in [0.1, 0.15) is 0 Å². The number of para-hydroxylation sites is 1. The highest BCUT2D eigenvalue weighted by Gasteiger charge is 2.16. The van der Waals surface area contributed by atoms with Crippen molar-refractivity contribution in [1.82, 2.24) is 4.57 Å². The number of aryl methyl sites for hydroxylation is 1. The zero-order valence-electron chi connectivity index (χ0n) is 15.7. The van der Waals surface area contributed by atoms with Crippen molar-refractivity contribution in [3.63, 3.8) is 0 Å². The maximum Gasteiger partial charge on any atom is 0.254 e. The number of anilines is 1. The molecule has 1 N–H and O–H groups in total. The smallest absolute Gasteiger partial charge is 0.254 e. The van der Waals surface area contributed by atoms with Gasteiger partial charge in [0.1, 0.15) is 17.2 Å². The Balaban J connectivity index is 2.19. The van der Waals surface area contributed by atoms with Crippen LogP contribution in [0.2, 0.25) is 0 Å². The van der Waals surface area contributed by atoms with Crippen LogP contribution in [0.5, 0.6) is 17.2 Å². The number of nitrogens with zero attached hydrogens (tertiary/aromatic N) is 1. The van der Waals surface area contributed by atoms with Crippen molar-refractivity contribution < 1.29 is 17.9 Å². The Kier molecular flexibility index (Phi) is 5.41. The molecular weight excluding hydrogens is 380 g/mol. The van der Waals surface area contributed by atoms with Gasteiger partial charge in [-0.15, -0.1) is 0 Å². The van der Waals surface area contributed by atoms with E-state index in [-0.39, 0.29) is 5.56 Å². The van der Waals surface area contributed by atoms with Gasteiger partial charge >= 0.3 is 0 Å². The Hall–Kier alpha value is -3.26. The third-order valence-electron chi connectivity index (χ3n) is 3.95. The third-order valence-corrected chi connectivity index (χ3v) is 4.56. The van der Waals surface area contributed by atoms with E-state index in [1.807, 2.05) is 30.3 Å². The molecule has 1 aromatic heterocycles. The lowest BCUT2D eigenvalue weighted by molar-refractivity contribution is 0.414. The zero-order valence-corrected chi connectivity index (χ0v) is 16.5. The summed E-state index contributed by atoms with van der Waals surface area (Å²) in [6.07, 6.45) is 2.70. The second-order valence-corrected chi connectivity index (χ2v) is 7.95. The summed E-state index contributed by atoms with van der Waals surface area (Å²) in [6, 6.07) is 15.5. The minimum atomic E-state index is -3.46. The average molecular weight is 400 g/mol. The number of nitrogens with one attached hydrogen (secondary N) is 1. The first kappa shape index (κ1) is 19.5. The molecule has 0 bridgehead atoms. The first-order valence-corrected chi connectivity index (χ1v) is 10.3. The highest BCUT2D eigenvalue weighted by Crippen LogP contribution is 2.39. The first-order chi connectivity index (χ1) is 13.3. The van der Waals surface area contributed by atoms with E-state index < -0.39 is 10.0 Å². The summed E-state index contributed by atoms with van der Waals surface area (Å²) in [6.45, 7) is 0. The van der Waals surface area contributed by atoms with E-state index in [0.29, 0.717) is 34.1 Å². The average Bonchev–Trinajstić information content (AvgIpc) is 2.64. The van der Waals surface area contributed by atoms with Gasteiger partial charge in [0.05, 0.1) is 13.4 Å². The lowest BCUT2D eigenvalue weighted by atomic mass is 10.0. The van der Waals surface area contributed by atoms with Gasteiger partial charge < -0.3 is 14.0 Å². The molecule has 0 radical (unpaired) electrons. The standard InChI is InChI=1S/C20H20N2O5S/c1-22-13-17(19(26-2)12-20(22)23)16-11-14(21-28(3,24)25)9-10-18(16)27-15-7-5-4-6-8-15/h4-13,21H,1-3H3. The molecule has 0 aliphatic carbocycles. The van der Waals surface area contributed by atoms with Crippen molar-refractivity contribution in [2.75, 3.05) is 18.1 Å². The molecule has 0 aliphatic heterocycles.